The molecule has 0 amide bonds. The van der Waals surface area contributed by atoms with Gasteiger partial charge in [0.25, 0.3) is 0 Å². The quantitative estimate of drug-likeness (QED) is 0.849. The smallest absolute Gasteiger partial charge is 0.240 e. The third kappa shape index (κ3) is 3.04. The molecule has 1 aliphatic rings. The minimum Gasteiger partial charge on any atom is -0.338 e. The predicted octanol–water partition coefficient (Wildman–Crippen LogP) is 1.05. The van der Waals surface area contributed by atoms with Crippen LogP contribution < -0.4 is 5.73 Å². The van der Waals surface area contributed by atoms with Gasteiger partial charge in [0.15, 0.2) is 5.82 Å². The van der Waals surface area contributed by atoms with Crippen LogP contribution >= 0.6 is 0 Å². The number of likely N-dealkylation sites (tertiary alicyclic amines) is 1. The van der Waals surface area contributed by atoms with E-state index in [0.717, 1.165) is 50.2 Å². The molecule has 0 aromatic carbocycles. The molecule has 2 heterocycles. The van der Waals surface area contributed by atoms with Crippen LogP contribution in [-0.2, 0) is 13.0 Å². The van der Waals surface area contributed by atoms with Gasteiger partial charge in [0.1, 0.15) is 0 Å². The molecule has 1 aliphatic heterocycles. The van der Waals surface area contributed by atoms with Crippen molar-refractivity contribution >= 4 is 0 Å². The first-order valence-corrected chi connectivity index (χ1v) is 6.46. The Kier molecular flexibility index (Phi) is 4.12. The molecule has 0 aliphatic carbocycles. The minimum absolute atomic E-state index is 0.595. The van der Waals surface area contributed by atoms with Crippen LogP contribution in [0, 0.1) is 11.8 Å². The van der Waals surface area contributed by atoms with E-state index in [9.17, 15) is 0 Å². The third-order valence-corrected chi connectivity index (χ3v) is 3.69. The van der Waals surface area contributed by atoms with Gasteiger partial charge in [-0.15, -0.1) is 0 Å². The van der Waals surface area contributed by atoms with Crippen molar-refractivity contribution in [3.05, 3.63) is 11.7 Å². The zero-order chi connectivity index (χ0) is 12.3. The molecule has 1 aromatic heterocycles. The largest absolute Gasteiger partial charge is 0.338 e. The van der Waals surface area contributed by atoms with E-state index < -0.39 is 0 Å². The lowest BCUT2D eigenvalue weighted by Crippen LogP contribution is -2.42. The van der Waals surface area contributed by atoms with Crippen LogP contribution in [0.25, 0.3) is 0 Å². The number of rotatable bonds is 4. The lowest BCUT2D eigenvalue weighted by Gasteiger charge is -2.35. The predicted molar refractivity (Wildman–Crippen MR) is 65.3 cm³/mol. The highest BCUT2D eigenvalue weighted by Crippen LogP contribution is 2.23. The molecular weight excluding hydrogens is 216 g/mol. The summed E-state index contributed by atoms with van der Waals surface area (Å²) in [7, 11) is 0. The molecule has 5 heteroatoms. The van der Waals surface area contributed by atoms with Gasteiger partial charge < -0.3 is 10.3 Å². The van der Waals surface area contributed by atoms with Crippen LogP contribution in [0.4, 0.5) is 0 Å². The Morgan fingerprint density at radius 2 is 2.35 bits per heavy atom. The summed E-state index contributed by atoms with van der Waals surface area (Å²) in [5, 5.41) is 3.92. The number of piperidine rings is 1. The molecule has 17 heavy (non-hydrogen) atoms. The summed E-state index contributed by atoms with van der Waals surface area (Å²) < 4.78 is 5.22. The fourth-order valence-electron chi connectivity index (χ4n) is 2.36. The number of hydrogen-bond donors (Lipinski definition) is 1. The van der Waals surface area contributed by atoms with Crippen molar-refractivity contribution in [3.8, 4) is 0 Å². The second-order valence-electron chi connectivity index (χ2n) is 4.95. The number of nitrogens with zero attached hydrogens (tertiary/aromatic N) is 3. The molecule has 2 atom stereocenters. The van der Waals surface area contributed by atoms with E-state index in [0.29, 0.717) is 5.92 Å². The number of aryl methyl sites for hydroxylation is 1. The van der Waals surface area contributed by atoms with Crippen LogP contribution in [0.15, 0.2) is 4.52 Å². The summed E-state index contributed by atoms with van der Waals surface area (Å²) in [5.74, 6) is 2.84. The molecule has 2 unspecified atom stereocenters. The summed E-state index contributed by atoms with van der Waals surface area (Å²) >= 11 is 0. The Morgan fingerprint density at radius 1 is 1.53 bits per heavy atom. The summed E-state index contributed by atoms with van der Waals surface area (Å²) in [6.45, 7) is 7.99. The van der Waals surface area contributed by atoms with E-state index in [1.54, 1.807) is 0 Å². The Bertz CT molecular complexity index is 352. The molecule has 1 aromatic rings. The Hall–Kier alpha value is -0.940. The number of aromatic nitrogens is 2. The molecule has 0 saturated carbocycles. The van der Waals surface area contributed by atoms with E-state index in [1.165, 1.54) is 6.42 Å². The highest BCUT2D eigenvalue weighted by molar-refractivity contribution is 4.87. The monoisotopic (exact) mass is 238 g/mol. The van der Waals surface area contributed by atoms with Gasteiger partial charge >= 0.3 is 0 Å². The van der Waals surface area contributed by atoms with Crippen LogP contribution in [-0.4, -0.2) is 34.7 Å². The van der Waals surface area contributed by atoms with E-state index in [-0.39, 0.29) is 0 Å². The maximum atomic E-state index is 5.80. The van der Waals surface area contributed by atoms with E-state index in [4.69, 9.17) is 10.3 Å². The molecule has 0 spiro atoms. The molecule has 5 nitrogen and oxygen atoms in total. The van der Waals surface area contributed by atoms with Gasteiger partial charge in [-0.25, -0.2) is 0 Å². The van der Waals surface area contributed by atoms with Crippen molar-refractivity contribution in [2.45, 2.75) is 33.2 Å². The molecule has 96 valence electrons. The first-order valence-electron chi connectivity index (χ1n) is 6.46. The van der Waals surface area contributed by atoms with E-state index in [2.05, 4.69) is 22.0 Å². The fraction of sp³-hybridized carbons (Fsp3) is 0.833. The van der Waals surface area contributed by atoms with Crippen LogP contribution in [0.2, 0.25) is 0 Å². The van der Waals surface area contributed by atoms with Gasteiger partial charge in [-0.1, -0.05) is 19.0 Å². The standard InChI is InChI=1S/C12H22N4O/c1-3-11-14-12(17-15-11)8-16-5-4-9(2)10(6-13)7-16/h9-10H,3-8,13H2,1-2H3. The third-order valence-electron chi connectivity index (χ3n) is 3.69. The first kappa shape index (κ1) is 12.5. The Morgan fingerprint density at radius 3 is 3.00 bits per heavy atom. The average molecular weight is 238 g/mol. The SMILES string of the molecule is CCc1noc(CN2CCC(C)C(CN)C2)n1. The van der Waals surface area contributed by atoms with Crippen molar-refractivity contribution < 1.29 is 4.52 Å². The van der Waals surface area contributed by atoms with Crippen LogP contribution in [0.5, 0.6) is 0 Å². The molecule has 0 bridgehead atoms. The zero-order valence-corrected chi connectivity index (χ0v) is 10.7. The van der Waals surface area contributed by atoms with Gasteiger partial charge in [0.05, 0.1) is 6.54 Å². The highest BCUT2D eigenvalue weighted by atomic mass is 16.5. The second-order valence-corrected chi connectivity index (χ2v) is 4.95. The van der Waals surface area contributed by atoms with E-state index >= 15 is 0 Å². The fourth-order valence-corrected chi connectivity index (χ4v) is 2.36. The maximum absolute atomic E-state index is 5.80. The highest BCUT2D eigenvalue weighted by Gasteiger charge is 2.25. The van der Waals surface area contributed by atoms with Crippen molar-refractivity contribution in [2.24, 2.45) is 17.6 Å². The van der Waals surface area contributed by atoms with Gasteiger partial charge in [-0.3, -0.25) is 4.90 Å². The summed E-state index contributed by atoms with van der Waals surface area (Å²) in [6.07, 6.45) is 2.03. The Labute approximate surface area is 102 Å². The maximum Gasteiger partial charge on any atom is 0.240 e. The summed E-state index contributed by atoms with van der Waals surface area (Å²) in [5.41, 5.74) is 5.80. The topological polar surface area (TPSA) is 68.2 Å². The van der Waals surface area contributed by atoms with Crippen molar-refractivity contribution in [1.82, 2.24) is 15.0 Å². The lowest BCUT2D eigenvalue weighted by molar-refractivity contribution is 0.114. The van der Waals surface area contributed by atoms with Crippen molar-refractivity contribution in [3.63, 3.8) is 0 Å². The molecule has 2 rings (SSSR count). The normalized spacial score (nSPS) is 26.3. The number of nitrogens with two attached hydrogens (primary N) is 1. The zero-order valence-electron chi connectivity index (χ0n) is 10.7. The average Bonchev–Trinajstić information content (AvgIpc) is 2.79. The van der Waals surface area contributed by atoms with Crippen LogP contribution in [0.3, 0.4) is 0 Å². The molecule has 1 fully saturated rings. The molecule has 0 radical (unpaired) electrons. The van der Waals surface area contributed by atoms with Gasteiger partial charge in [-0.05, 0) is 31.3 Å². The van der Waals surface area contributed by atoms with E-state index in [1.807, 2.05) is 6.92 Å². The summed E-state index contributed by atoms with van der Waals surface area (Å²) in [6, 6.07) is 0. The van der Waals surface area contributed by atoms with Crippen molar-refractivity contribution in [2.75, 3.05) is 19.6 Å². The second kappa shape index (κ2) is 5.60. The van der Waals surface area contributed by atoms with Gasteiger partial charge in [0, 0.05) is 13.0 Å². The van der Waals surface area contributed by atoms with Crippen molar-refractivity contribution in [1.29, 1.82) is 0 Å². The minimum atomic E-state index is 0.595. The van der Waals surface area contributed by atoms with Gasteiger partial charge in [-0.2, -0.15) is 4.98 Å². The molecular formula is C12H22N4O. The molecule has 2 N–H and O–H groups in total. The molecule has 1 saturated heterocycles. The van der Waals surface area contributed by atoms with Crippen LogP contribution in [0.1, 0.15) is 32.0 Å². The van der Waals surface area contributed by atoms with Gasteiger partial charge in [0.2, 0.25) is 5.89 Å². The lowest BCUT2D eigenvalue weighted by atomic mass is 9.87. The number of hydrogen-bond acceptors (Lipinski definition) is 5. The summed E-state index contributed by atoms with van der Waals surface area (Å²) in [4.78, 5) is 6.71. The Balaban J connectivity index is 1.90. The first-order chi connectivity index (χ1) is 8.22.